The molecule has 0 fully saturated rings. The predicted octanol–water partition coefficient (Wildman–Crippen LogP) is 3.93. The average molecular weight is 292 g/mol. The maximum atomic E-state index is 13.8. The van der Waals surface area contributed by atoms with Crippen LogP contribution < -0.4 is 0 Å². The van der Waals surface area contributed by atoms with Crippen LogP contribution in [0.2, 0.25) is 0 Å². The Bertz CT molecular complexity index is 276. The smallest absolute Gasteiger partial charge is 0.304 e. The zero-order valence-corrected chi connectivity index (χ0v) is 11.9. The van der Waals surface area contributed by atoms with Gasteiger partial charge in [0, 0.05) is 0 Å². The molecule has 0 aromatic heterocycles. The minimum atomic E-state index is -4.50. The standard InChI is InChI=1S/C8H15F2O3PS2/c1-4-12-14(11,13-5-2)8(9,10)7(15)16-6-3/h4-6H2,1-3H3. The van der Waals surface area contributed by atoms with Gasteiger partial charge in [-0.15, -0.1) is 11.8 Å². The van der Waals surface area contributed by atoms with Crippen LogP contribution in [-0.4, -0.2) is 28.8 Å². The maximum Gasteiger partial charge on any atom is 0.405 e. The van der Waals surface area contributed by atoms with Crippen molar-refractivity contribution in [2.45, 2.75) is 26.4 Å². The van der Waals surface area contributed by atoms with Gasteiger partial charge in [-0.05, 0) is 19.6 Å². The van der Waals surface area contributed by atoms with Crippen molar-refractivity contribution in [3.63, 3.8) is 0 Å². The Morgan fingerprint density at radius 2 is 1.75 bits per heavy atom. The highest BCUT2D eigenvalue weighted by molar-refractivity contribution is 8.23. The van der Waals surface area contributed by atoms with E-state index in [1.807, 2.05) is 0 Å². The molecule has 0 N–H and O–H groups in total. The van der Waals surface area contributed by atoms with Gasteiger partial charge < -0.3 is 9.05 Å². The Morgan fingerprint density at radius 3 is 2.06 bits per heavy atom. The molecule has 0 aromatic rings. The van der Waals surface area contributed by atoms with Crippen LogP contribution in [0, 0.1) is 0 Å². The quantitative estimate of drug-likeness (QED) is 0.525. The lowest BCUT2D eigenvalue weighted by atomic mass is 10.8. The van der Waals surface area contributed by atoms with Gasteiger partial charge in [-0.1, -0.05) is 19.1 Å². The number of hydrogen-bond donors (Lipinski definition) is 0. The Labute approximate surface area is 104 Å². The first-order chi connectivity index (χ1) is 7.35. The molecule has 0 saturated carbocycles. The van der Waals surface area contributed by atoms with Gasteiger partial charge in [0.05, 0.1) is 13.2 Å². The van der Waals surface area contributed by atoms with Gasteiger partial charge in [0.15, 0.2) is 0 Å². The Balaban J connectivity index is 5.02. The van der Waals surface area contributed by atoms with Crippen LogP contribution in [0.1, 0.15) is 20.8 Å². The first-order valence-corrected chi connectivity index (χ1v) is 7.73. The molecule has 0 atom stereocenters. The summed E-state index contributed by atoms with van der Waals surface area (Å²) in [5.74, 6) is 0.382. The molecule has 0 aliphatic heterocycles. The zero-order valence-electron chi connectivity index (χ0n) is 9.37. The molecule has 0 aromatic carbocycles. The number of hydrogen-bond acceptors (Lipinski definition) is 5. The molecule has 0 spiro atoms. The fraction of sp³-hybridized carbons (Fsp3) is 0.875. The number of rotatable bonds is 7. The number of alkyl halides is 2. The third-order valence-electron chi connectivity index (χ3n) is 1.46. The van der Waals surface area contributed by atoms with E-state index in [9.17, 15) is 13.3 Å². The van der Waals surface area contributed by atoms with E-state index in [4.69, 9.17) is 0 Å². The van der Waals surface area contributed by atoms with E-state index in [1.165, 1.54) is 13.8 Å². The minimum absolute atomic E-state index is 0.119. The van der Waals surface area contributed by atoms with Gasteiger partial charge in [0.1, 0.15) is 4.20 Å². The number of halogens is 2. The first kappa shape index (κ1) is 16.4. The van der Waals surface area contributed by atoms with Crippen molar-refractivity contribution < 1.29 is 22.4 Å². The lowest BCUT2D eigenvalue weighted by molar-refractivity contribution is 0.0986. The predicted molar refractivity (Wildman–Crippen MR) is 66.5 cm³/mol. The minimum Gasteiger partial charge on any atom is -0.304 e. The van der Waals surface area contributed by atoms with Crippen LogP contribution in [0.3, 0.4) is 0 Å². The lowest BCUT2D eigenvalue weighted by Crippen LogP contribution is -2.27. The van der Waals surface area contributed by atoms with Crippen molar-refractivity contribution in [2.75, 3.05) is 19.0 Å². The van der Waals surface area contributed by atoms with Crippen LogP contribution in [0.25, 0.3) is 0 Å². The molecule has 0 aliphatic carbocycles. The van der Waals surface area contributed by atoms with Crippen LogP contribution in [-0.2, 0) is 13.6 Å². The van der Waals surface area contributed by atoms with Gasteiger partial charge in [0.25, 0.3) is 0 Å². The van der Waals surface area contributed by atoms with Crippen molar-refractivity contribution in [1.29, 1.82) is 0 Å². The number of thioether (sulfide) groups is 1. The van der Waals surface area contributed by atoms with E-state index in [1.54, 1.807) is 6.92 Å². The second kappa shape index (κ2) is 7.01. The average Bonchev–Trinajstić information content (AvgIpc) is 2.18. The Hall–Kier alpha value is 0.450. The van der Waals surface area contributed by atoms with E-state index in [0.717, 1.165) is 11.8 Å². The summed E-state index contributed by atoms with van der Waals surface area (Å²) in [7, 11) is -4.50. The molecule has 0 radical (unpaired) electrons. The van der Waals surface area contributed by atoms with E-state index >= 15 is 0 Å². The summed E-state index contributed by atoms with van der Waals surface area (Å²) in [5.41, 5.74) is -3.73. The van der Waals surface area contributed by atoms with Gasteiger partial charge in [0.2, 0.25) is 0 Å². The van der Waals surface area contributed by atoms with Gasteiger partial charge >= 0.3 is 13.3 Å². The molecule has 0 amide bonds. The summed E-state index contributed by atoms with van der Waals surface area (Å²) < 4.78 is 47.9. The van der Waals surface area contributed by atoms with Crippen molar-refractivity contribution in [1.82, 2.24) is 0 Å². The summed E-state index contributed by atoms with van der Waals surface area (Å²) in [6.07, 6.45) is 0. The summed E-state index contributed by atoms with van der Waals surface area (Å²) in [5, 5.41) is 0. The monoisotopic (exact) mass is 292 g/mol. The molecule has 0 saturated heterocycles. The molecular formula is C8H15F2O3PS2. The Kier molecular flexibility index (Phi) is 7.21. The van der Waals surface area contributed by atoms with Crippen molar-refractivity contribution in [3.8, 4) is 0 Å². The third-order valence-corrected chi connectivity index (χ3v) is 5.29. The highest BCUT2D eigenvalue weighted by Gasteiger charge is 2.56. The van der Waals surface area contributed by atoms with E-state index in [2.05, 4.69) is 21.3 Å². The summed E-state index contributed by atoms with van der Waals surface area (Å²) in [6.45, 7) is 4.38. The van der Waals surface area contributed by atoms with E-state index in [0.29, 0.717) is 5.75 Å². The van der Waals surface area contributed by atoms with Crippen LogP contribution >= 0.6 is 31.6 Å². The molecule has 0 rings (SSSR count). The SMILES string of the molecule is CCOP(=O)(OCC)C(F)(F)C(=S)SCC. The molecule has 16 heavy (non-hydrogen) atoms. The van der Waals surface area contributed by atoms with Crippen LogP contribution in [0.5, 0.6) is 0 Å². The third kappa shape index (κ3) is 3.74. The summed E-state index contributed by atoms with van der Waals surface area (Å²) >= 11 is 5.31. The van der Waals surface area contributed by atoms with E-state index in [-0.39, 0.29) is 13.2 Å². The zero-order chi connectivity index (χ0) is 12.8. The molecule has 0 aliphatic rings. The molecular weight excluding hydrogens is 277 g/mol. The van der Waals surface area contributed by atoms with Crippen LogP contribution in [0.4, 0.5) is 8.78 Å². The maximum absolute atomic E-state index is 13.8. The lowest BCUT2D eigenvalue weighted by Gasteiger charge is -2.25. The topological polar surface area (TPSA) is 35.5 Å². The van der Waals surface area contributed by atoms with Gasteiger partial charge in [-0.3, -0.25) is 4.57 Å². The normalized spacial score (nSPS) is 12.8. The van der Waals surface area contributed by atoms with Gasteiger partial charge in [-0.25, -0.2) is 0 Å². The second-order valence-electron chi connectivity index (χ2n) is 2.59. The van der Waals surface area contributed by atoms with Crippen LogP contribution in [0.15, 0.2) is 0 Å². The molecule has 3 nitrogen and oxygen atoms in total. The van der Waals surface area contributed by atoms with Crippen molar-refractivity contribution in [2.24, 2.45) is 0 Å². The fourth-order valence-electron chi connectivity index (χ4n) is 0.869. The highest BCUT2D eigenvalue weighted by atomic mass is 32.2. The largest absolute Gasteiger partial charge is 0.405 e. The number of thiocarbonyl (C=S) groups is 1. The van der Waals surface area contributed by atoms with E-state index < -0.39 is 17.5 Å². The molecule has 8 heteroatoms. The summed E-state index contributed by atoms with van der Waals surface area (Å²) in [4.78, 5) is 0. The molecule has 0 unspecified atom stereocenters. The fourth-order valence-corrected chi connectivity index (χ4v) is 3.83. The summed E-state index contributed by atoms with van der Waals surface area (Å²) in [6, 6.07) is 0. The van der Waals surface area contributed by atoms with Crippen molar-refractivity contribution in [3.05, 3.63) is 0 Å². The highest BCUT2D eigenvalue weighted by Crippen LogP contribution is 2.63. The molecule has 96 valence electrons. The first-order valence-electron chi connectivity index (χ1n) is 4.79. The molecule has 0 bridgehead atoms. The molecule has 0 heterocycles. The van der Waals surface area contributed by atoms with Crippen molar-refractivity contribution >= 4 is 35.8 Å². The Morgan fingerprint density at radius 1 is 1.31 bits per heavy atom. The van der Waals surface area contributed by atoms with Gasteiger partial charge in [-0.2, -0.15) is 8.78 Å². The second-order valence-corrected chi connectivity index (χ2v) is 6.61.